The first-order valence-corrected chi connectivity index (χ1v) is 9.60. The van der Waals surface area contributed by atoms with Gasteiger partial charge in [-0.3, -0.25) is 0 Å². The van der Waals surface area contributed by atoms with Gasteiger partial charge in [-0.15, -0.1) is 0 Å². The van der Waals surface area contributed by atoms with E-state index < -0.39 is 5.92 Å². The van der Waals surface area contributed by atoms with E-state index >= 15 is 0 Å². The lowest BCUT2D eigenvalue weighted by molar-refractivity contribution is 0.388. The number of benzene rings is 3. The summed E-state index contributed by atoms with van der Waals surface area (Å²) in [6.45, 7) is 0. The van der Waals surface area contributed by atoms with Gasteiger partial charge < -0.3 is 16.2 Å². The second-order valence-corrected chi connectivity index (χ2v) is 6.92. The number of nitrogens with two attached hydrogens (primary N) is 2. The Morgan fingerprint density at radius 1 is 0.935 bits per heavy atom. The molecule has 4 N–H and O–H groups in total. The van der Waals surface area contributed by atoms with Crippen LogP contribution in [0.4, 0.5) is 10.1 Å². The number of nitrogens with zero attached hydrogens (tertiary/aromatic N) is 2. The summed E-state index contributed by atoms with van der Waals surface area (Å²) in [5, 5.41) is 9.85. The molecular formula is C25H19FN4O. The number of rotatable bonds is 3. The average Bonchev–Trinajstić information content (AvgIpc) is 2.80. The molecule has 0 amide bonds. The van der Waals surface area contributed by atoms with E-state index in [1.807, 2.05) is 60.7 Å². The summed E-state index contributed by atoms with van der Waals surface area (Å²) in [5.41, 5.74) is 15.8. The summed E-state index contributed by atoms with van der Waals surface area (Å²) in [5.74, 6) is -0.914. The normalized spacial score (nSPS) is 19.0. The Kier molecular flexibility index (Phi) is 5.50. The van der Waals surface area contributed by atoms with Crippen LogP contribution in [0.25, 0.3) is 5.70 Å². The van der Waals surface area contributed by atoms with E-state index in [0.717, 1.165) is 5.56 Å². The third kappa shape index (κ3) is 4.02. The topological polar surface area (TPSA) is 97.4 Å². The minimum absolute atomic E-state index is 0.0592. The van der Waals surface area contributed by atoms with Crippen molar-refractivity contribution < 1.29 is 9.13 Å². The van der Waals surface area contributed by atoms with Crippen LogP contribution in [0.2, 0.25) is 0 Å². The fraction of sp³-hybridized carbons (Fsp3) is 0.0400. The Morgan fingerprint density at radius 3 is 2.16 bits per heavy atom. The van der Waals surface area contributed by atoms with E-state index in [1.54, 1.807) is 12.1 Å². The number of para-hydroxylation sites is 1. The quantitative estimate of drug-likeness (QED) is 0.652. The molecule has 0 spiro atoms. The predicted molar refractivity (Wildman–Crippen MR) is 118 cm³/mol. The third-order valence-corrected chi connectivity index (χ3v) is 4.97. The van der Waals surface area contributed by atoms with Crippen molar-refractivity contribution in [1.29, 1.82) is 5.26 Å². The van der Waals surface area contributed by atoms with Crippen molar-refractivity contribution in [3.63, 3.8) is 0 Å². The van der Waals surface area contributed by atoms with Gasteiger partial charge in [-0.05, 0) is 35.4 Å². The fourth-order valence-electron chi connectivity index (χ4n) is 3.48. The van der Waals surface area contributed by atoms with Gasteiger partial charge >= 0.3 is 0 Å². The molecule has 3 aromatic carbocycles. The number of halogens is 1. The first-order chi connectivity index (χ1) is 15.1. The minimum atomic E-state index is -0.665. The molecule has 0 aromatic heterocycles. The van der Waals surface area contributed by atoms with Gasteiger partial charge in [0.1, 0.15) is 17.5 Å². The smallest absolute Gasteiger partial charge is 0.228 e. The van der Waals surface area contributed by atoms with Gasteiger partial charge in [0.2, 0.25) is 11.8 Å². The van der Waals surface area contributed by atoms with Crippen LogP contribution in [-0.4, -0.2) is 5.90 Å². The van der Waals surface area contributed by atoms with E-state index in [4.69, 9.17) is 16.2 Å². The summed E-state index contributed by atoms with van der Waals surface area (Å²) in [6.07, 6.45) is 0. The number of hydrogen-bond acceptors (Lipinski definition) is 5. The van der Waals surface area contributed by atoms with Crippen LogP contribution in [-0.2, 0) is 4.74 Å². The zero-order chi connectivity index (χ0) is 21.8. The highest BCUT2D eigenvalue weighted by Gasteiger charge is 2.36. The molecule has 31 heavy (non-hydrogen) atoms. The fourth-order valence-corrected chi connectivity index (χ4v) is 3.48. The molecule has 1 atom stereocenters. The van der Waals surface area contributed by atoms with Crippen LogP contribution < -0.4 is 11.5 Å². The lowest BCUT2D eigenvalue weighted by Crippen LogP contribution is -2.29. The van der Waals surface area contributed by atoms with Crippen molar-refractivity contribution >= 4 is 17.3 Å². The first kappa shape index (κ1) is 19.9. The lowest BCUT2D eigenvalue weighted by Gasteiger charge is -2.29. The van der Waals surface area contributed by atoms with Crippen molar-refractivity contribution in [2.75, 3.05) is 0 Å². The van der Waals surface area contributed by atoms with Gasteiger partial charge in [0.15, 0.2) is 0 Å². The van der Waals surface area contributed by atoms with Gasteiger partial charge in [0.25, 0.3) is 0 Å². The molecule has 3 aromatic rings. The van der Waals surface area contributed by atoms with Crippen molar-refractivity contribution in [3.05, 3.63) is 119 Å². The molecule has 0 aliphatic carbocycles. The summed E-state index contributed by atoms with van der Waals surface area (Å²) in [6, 6.07) is 26.6. The van der Waals surface area contributed by atoms with Gasteiger partial charge in [-0.25, -0.2) is 9.38 Å². The van der Waals surface area contributed by atoms with Crippen molar-refractivity contribution in [2.45, 2.75) is 5.92 Å². The minimum Gasteiger partial charge on any atom is -0.422 e. The van der Waals surface area contributed by atoms with E-state index in [2.05, 4.69) is 11.1 Å². The molecule has 1 unspecified atom stereocenters. The maximum Gasteiger partial charge on any atom is 0.228 e. The molecule has 1 aliphatic rings. The molecule has 1 aliphatic heterocycles. The van der Waals surface area contributed by atoms with Crippen LogP contribution in [0.5, 0.6) is 0 Å². The zero-order valence-corrected chi connectivity index (χ0v) is 16.5. The molecule has 6 heteroatoms. The van der Waals surface area contributed by atoms with Crippen molar-refractivity contribution in [2.24, 2.45) is 16.5 Å². The van der Waals surface area contributed by atoms with Crippen LogP contribution in [0.15, 0.2) is 107 Å². The number of aliphatic imine (C=N–C) groups is 1. The second kappa shape index (κ2) is 8.56. The number of hydrogen-bond donors (Lipinski definition) is 2. The highest BCUT2D eigenvalue weighted by Crippen LogP contribution is 2.41. The van der Waals surface area contributed by atoms with Gasteiger partial charge in [0.05, 0.1) is 17.2 Å². The lowest BCUT2D eigenvalue weighted by atomic mass is 9.81. The molecule has 152 valence electrons. The second-order valence-electron chi connectivity index (χ2n) is 6.92. The van der Waals surface area contributed by atoms with E-state index in [-0.39, 0.29) is 23.2 Å². The summed E-state index contributed by atoms with van der Waals surface area (Å²) < 4.78 is 19.4. The standard InChI is InChI=1S/C25H19FN4O/c26-18-13-11-16(12-14-18)21-20(15-27)24(29)31-25(30-19-9-5-2-6-10-19)22(21)23(28)17-7-3-1-4-8-17/h1-14,21H,28-29H2/b23-22-,30-25?. The summed E-state index contributed by atoms with van der Waals surface area (Å²) in [7, 11) is 0. The molecular weight excluding hydrogens is 391 g/mol. The Labute approximate surface area is 179 Å². The van der Waals surface area contributed by atoms with Crippen LogP contribution in [0, 0.1) is 17.1 Å². The van der Waals surface area contributed by atoms with E-state index in [1.165, 1.54) is 12.1 Å². The largest absolute Gasteiger partial charge is 0.422 e. The van der Waals surface area contributed by atoms with Gasteiger partial charge in [-0.1, -0.05) is 60.7 Å². The highest BCUT2D eigenvalue weighted by molar-refractivity contribution is 6.05. The maximum absolute atomic E-state index is 13.6. The molecule has 1 heterocycles. The molecule has 0 bridgehead atoms. The van der Waals surface area contributed by atoms with E-state index in [9.17, 15) is 9.65 Å². The Bertz CT molecular complexity index is 1220. The van der Waals surface area contributed by atoms with Gasteiger partial charge in [0, 0.05) is 5.70 Å². The third-order valence-electron chi connectivity index (χ3n) is 4.97. The Hall–Kier alpha value is -4.37. The van der Waals surface area contributed by atoms with Crippen LogP contribution >= 0.6 is 0 Å². The van der Waals surface area contributed by atoms with Crippen molar-refractivity contribution in [1.82, 2.24) is 0 Å². The molecule has 0 fully saturated rings. The molecule has 0 saturated carbocycles. The van der Waals surface area contributed by atoms with E-state index in [0.29, 0.717) is 22.5 Å². The Morgan fingerprint density at radius 2 is 1.55 bits per heavy atom. The predicted octanol–water partition coefficient (Wildman–Crippen LogP) is 4.73. The number of nitriles is 1. The zero-order valence-electron chi connectivity index (χ0n) is 16.5. The molecule has 0 radical (unpaired) electrons. The van der Waals surface area contributed by atoms with Crippen LogP contribution in [0.1, 0.15) is 17.0 Å². The molecule has 4 rings (SSSR count). The van der Waals surface area contributed by atoms with Gasteiger partial charge in [-0.2, -0.15) is 5.26 Å². The van der Waals surface area contributed by atoms with Crippen molar-refractivity contribution in [3.8, 4) is 6.07 Å². The summed E-state index contributed by atoms with van der Waals surface area (Å²) >= 11 is 0. The first-order valence-electron chi connectivity index (χ1n) is 9.60. The molecule has 0 saturated heterocycles. The average molecular weight is 410 g/mol. The number of allylic oxidation sites excluding steroid dienone is 1. The monoisotopic (exact) mass is 410 g/mol. The maximum atomic E-state index is 13.6. The Balaban J connectivity index is 2.01. The summed E-state index contributed by atoms with van der Waals surface area (Å²) in [4.78, 5) is 4.62. The highest BCUT2D eigenvalue weighted by atomic mass is 19.1. The SMILES string of the molecule is N#CC1=C(N)OC(=Nc2ccccc2)/C(=C(\N)c2ccccc2)C1c1ccc(F)cc1. The molecule has 5 nitrogen and oxygen atoms in total. The van der Waals surface area contributed by atoms with Crippen LogP contribution in [0.3, 0.4) is 0 Å². The number of ether oxygens (including phenoxy) is 1.